The van der Waals surface area contributed by atoms with Crippen molar-refractivity contribution < 1.29 is 34.6 Å². The van der Waals surface area contributed by atoms with Gasteiger partial charge in [-0.25, -0.2) is 0 Å². The van der Waals surface area contributed by atoms with Gasteiger partial charge in [-0.15, -0.1) is 0 Å². The maximum Gasteiger partial charge on any atom is 0.145 e. The third-order valence-corrected chi connectivity index (χ3v) is 5.96. The minimum atomic E-state index is -1.52. The number of halogens is 1. The Bertz CT molecular complexity index is 858. The maximum atomic E-state index is 10.8. The molecule has 1 aliphatic rings. The quantitative estimate of drug-likeness (QED) is 0.482. The number of ether oxygens (including phenoxy) is 3. The summed E-state index contributed by atoms with van der Waals surface area (Å²) in [6.07, 6.45) is -5.00. The molecule has 1 saturated heterocycles. The van der Waals surface area contributed by atoms with Gasteiger partial charge in [-0.1, -0.05) is 35.9 Å². The Balaban J connectivity index is 1.96. The lowest BCUT2D eigenvalue weighted by molar-refractivity contribution is -0.290. The minimum absolute atomic E-state index is 0.0986. The first kappa shape index (κ1) is 23.9. The highest BCUT2D eigenvalue weighted by Crippen LogP contribution is 2.40. The fraction of sp³-hybridized carbons (Fsp3) is 0.478. The van der Waals surface area contributed by atoms with Gasteiger partial charge in [0, 0.05) is 12.1 Å². The molecule has 2 aromatic carbocycles. The highest BCUT2D eigenvalue weighted by atomic mass is 35.5. The third-order valence-electron chi connectivity index (χ3n) is 5.60. The summed E-state index contributed by atoms with van der Waals surface area (Å²) < 4.78 is 16.7. The molecule has 0 aromatic heterocycles. The molecule has 0 spiro atoms. The monoisotopic (exact) mass is 452 g/mol. The van der Waals surface area contributed by atoms with Crippen molar-refractivity contribution in [2.24, 2.45) is 0 Å². The predicted octanol–water partition coefficient (Wildman–Crippen LogP) is 1.64. The predicted molar refractivity (Wildman–Crippen MR) is 115 cm³/mol. The molecule has 5 unspecified atom stereocenters. The first-order valence-corrected chi connectivity index (χ1v) is 10.6. The molecule has 8 heteroatoms. The van der Waals surface area contributed by atoms with Gasteiger partial charge in [-0.2, -0.15) is 0 Å². The second-order valence-electron chi connectivity index (χ2n) is 7.65. The van der Waals surface area contributed by atoms with Gasteiger partial charge in [0.15, 0.2) is 0 Å². The first-order chi connectivity index (χ1) is 14.9. The van der Waals surface area contributed by atoms with E-state index in [1.807, 2.05) is 31.2 Å². The van der Waals surface area contributed by atoms with Crippen LogP contribution in [-0.2, 0) is 21.5 Å². The molecule has 0 radical (unpaired) electrons. The molecule has 1 aliphatic heterocycles. The van der Waals surface area contributed by atoms with Crippen molar-refractivity contribution in [3.8, 4) is 5.75 Å². The van der Waals surface area contributed by atoms with Crippen molar-refractivity contribution in [1.82, 2.24) is 0 Å². The van der Waals surface area contributed by atoms with E-state index >= 15 is 0 Å². The topological polar surface area (TPSA) is 109 Å². The normalized spacial score (nSPS) is 28.5. The van der Waals surface area contributed by atoms with Crippen LogP contribution in [0.15, 0.2) is 42.5 Å². The standard InChI is InChI=1S/C23H29ClO7/c1-3-30-17-7-4-14(5-8-17)10-15-11-16(6-9-18(15)24)23(13-29-2)22(28)21(27)20(26)19(12-25)31-23/h4-9,11,19-22,25-28H,3,10,12-13H2,1-2H3. The Labute approximate surface area is 186 Å². The molecule has 7 nitrogen and oxygen atoms in total. The van der Waals surface area contributed by atoms with Crippen molar-refractivity contribution in [2.75, 3.05) is 26.9 Å². The van der Waals surface area contributed by atoms with Crippen molar-refractivity contribution in [3.63, 3.8) is 0 Å². The smallest absolute Gasteiger partial charge is 0.145 e. The lowest BCUT2D eigenvalue weighted by Gasteiger charge is -2.48. The van der Waals surface area contributed by atoms with Crippen molar-refractivity contribution in [3.05, 3.63) is 64.2 Å². The molecule has 1 heterocycles. The van der Waals surface area contributed by atoms with E-state index in [0.717, 1.165) is 16.9 Å². The van der Waals surface area contributed by atoms with E-state index in [9.17, 15) is 20.4 Å². The van der Waals surface area contributed by atoms with Crippen LogP contribution in [0.5, 0.6) is 5.75 Å². The van der Waals surface area contributed by atoms with Crippen LogP contribution in [0.25, 0.3) is 0 Å². The van der Waals surface area contributed by atoms with E-state index in [-0.39, 0.29) is 6.61 Å². The number of hydrogen-bond donors (Lipinski definition) is 4. The molecule has 0 aliphatic carbocycles. The van der Waals surface area contributed by atoms with Gasteiger partial charge in [0.2, 0.25) is 0 Å². The molecule has 0 saturated carbocycles. The zero-order chi connectivity index (χ0) is 22.6. The Hall–Kier alpha value is -1.71. The van der Waals surface area contributed by atoms with E-state index < -0.39 is 36.6 Å². The van der Waals surface area contributed by atoms with Crippen LogP contribution in [0.2, 0.25) is 5.02 Å². The van der Waals surface area contributed by atoms with E-state index in [0.29, 0.717) is 23.6 Å². The number of hydrogen-bond acceptors (Lipinski definition) is 7. The molecular weight excluding hydrogens is 424 g/mol. The second kappa shape index (κ2) is 10.3. The van der Waals surface area contributed by atoms with Crippen molar-refractivity contribution >= 4 is 11.6 Å². The summed E-state index contributed by atoms with van der Waals surface area (Å²) in [5, 5.41) is 41.6. The summed E-state index contributed by atoms with van der Waals surface area (Å²) in [5.74, 6) is 0.784. The average Bonchev–Trinajstić information content (AvgIpc) is 2.77. The fourth-order valence-electron chi connectivity index (χ4n) is 3.96. The number of benzene rings is 2. The fourth-order valence-corrected chi connectivity index (χ4v) is 4.14. The van der Waals surface area contributed by atoms with Gasteiger partial charge >= 0.3 is 0 Å². The van der Waals surface area contributed by atoms with E-state index in [4.69, 9.17) is 25.8 Å². The maximum absolute atomic E-state index is 10.8. The summed E-state index contributed by atoms with van der Waals surface area (Å²) in [5.41, 5.74) is 0.836. The molecule has 0 bridgehead atoms. The molecule has 3 rings (SSSR count). The van der Waals surface area contributed by atoms with E-state index in [2.05, 4.69) is 0 Å². The lowest BCUT2D eigenvalue weighted by Crippen LogP contribution is -2.65. The van der Waals surface area contributed by atoms with Crippen LogP contribution in [0.4, 0.5) is 0 Å². The third kappa shape index (κ3) is 4.88. The van der Waals surface area contributed by atoms with E-state index in [1.165, 1.54) is 7.11 Å². The molecule has 0 amide bonds. The van der Waals surface area contributed by atoms with Gasteiger partial charge < -0.3 is 34.6 Å². The summed E-state index contributed by atoms with van der Waals surface area (Å²) >= 11 is 6.44. The number of aliphatic hydroxyl groups excluding tert-OH is 4. The summed E-state index contributed by atoms with van der Waals surface area (Å²) in [4.78, 5) is 0. The van der Waals surface area contributed by atoms with E-state index in [1.54, 1.807) is 18.2 Å². The van der Waals surface area contributed by atoms with Crippen LogP contribution < -0.4 is 4.74 Å². The molecule has 170 valence electrons. The van der Waals surface area contributed by atoms with Crippen molar-refractivity contribution in [2.45, 2.75) is 43.4 Å². The van der Waals surface area contributed by atoms with Crippen LogP contribution in [0.3, 0.4) is 0 Å². The van der Waals surface area contributed by atoms with Crippen LogP contribution in [0.1, 0.15) is 23.6 Å². The molecule has 1 fully saturated rings. The Morgan fingerprint density at radius 3 is 2.39 bits per heavy atom. The van der Waals surface area contributed by atoms with Crippen LogP contribution in [-0.4, -0.2) is 71.8 Å². The minimum Gasteiger partial charge on any atom is -0.494 e. The molecule has 4 N–H and O–H groups in total. The number of rotatable bonds is 8. The molecule has 31 heavy (non-hydrogen) atoms. The molecular formula is C23H29ClO7. The first-order valence-electron chi connectivity index (χ1n) is 10.2. The summed E-state index contributed by atoms with van der Waals surface area (Å²) in [7, 11) is 1.44. The largest absolute Gasteiger partial charge is 0.494 e. The zero-order valence-corrected chi connectivity index (χ0v) is 18.3. The van der Waals surface area contributed by atoms with Gasteiger partial charge in [0.05, 0.1) is 19.8 Å². The zero-order valence-electron chi connectivity index (χ0n) is 17.6. The van der Waals surface area contributed by atoms with Gasteiger partial charge in [0.1, 0.15) is 35.8 Å². The number of methoxy groups -OCH3 is 1. The molecule has 5 atom stereocenters. The van der Waals surface area contributed by atoms with Gasteiger partial charge in [-0.3, -0.25) is 0 Å². The van der Waals surface area contributed by atoms with Crippen LogP contribution in [0, 0.1) is 0 Å². The number of aliphatic hydroxyl groups is 4. The van der Waals surface area contributed by atoms with Gasteiger partial charge in [-0.05, 0) is 48.2 Å². The van der Waals surface area contributed by atoms with Crippen LogP contribution >= 0.6 is 11.6 Å². The molecule has 2 aromatic rings. The van der Waals surface area contributed by atoms with Gasteiger partial charge in [0.25, 0.3) is 0 Å². The highest BCUT2D eigenvalue weighted by Gasteiger charge is 2.54. The van der Waals surface area contributed by atoms with Crippen molar-refractivity contribution in [1.29, 1.82) is 0 Å². The Morgan fingerprint density at radius 1 is 1.06 bits per heavy atom. The average molecular weight is 453 g/mol. The summed E-state index contributed by atoms with van der Waals surface area (Å²) in [6, 6.07) is 12.9. The SMILES string of the molecule is CCOc1ccc(Cc2cc(C3(COC)OC(CO)C(O)C(O)C3O)ccc2Cl)cc1. The second-order valence-corrected chi connectivity index (χ2v) is 8.05. The lowest BCUT2D eigenvalue weighted by atomic mass is 9.79. The Kier molecular flexibility index (Phi) is 7.93. The Morgan fingerprint density at radius 2 is 1.77 bits per heavy atom. The summed E-state index contributed by atoms with van der Waals surface area (Å²) in [6.45, 7) is 1.89. The highest BCUT2D eigenvalue weighted by molar-refractivity contribution is 6.31.